The normalized spacial score (nSPS) is 10.7. The zero-order valence-corrected chi connectivity index (χ0v) is 17.4. The lowest BCUT2D eigenvalue weighted by Crippen LogP contribution is -2.24. The molecule has 0 radical (unpaired) electrons. The van der Waals surface area contributed by atoms with Crippen LogP contribution in [0.4, 0.5) is 0 Å². The van der Waals surface area contributed by atoms with E-state index in [-0.39, 0.29) is 18.3 Å². The number of amides is 1. The molecular formula is C22H25N3O3S. The first kappa shape index (κ1) is 21.0. The van der Waals surface area contributed by atoms with Gasteiger partial charge < -0.3 is 19.7 Å². The minimum atomic E-state index is -0.108. The molecular weight excluding hydrogens is 386 g/mol. The summed E-state index contributed by atoms with van der Waals surface area (Å²) >= 11 is 1.36. The summed E-state index contributed by atoms with van der Waals surface area (Å²) in [7, 11) is 1.63. The summed E-state index contributed by atoms with van der Waals surface area (Å²) in [6, 6.07) is 15.8. The third-order valence-corrected chi connectivity index (χ3v) is 5.50. The number of carbonyl (C=O) groups excluding carboxylic acids is 1. The average Bonchev–Trinajstić information content (AvgIpc) is 3.14. The van der Waals surface area contributed by atoms with Gasteiger partial charge in [-0.25, -0.2) is 4.98 Å². The van der Waals surface area contributed by atoms with Gasteiger partial charge in [-0.1, -0.05) is 53.7 Å². The second-order valence-corrected chi connectivity index (χ2v) is 7.62. The zero-order chi connectivity index (χ0) is 20.6. The minimum absolute atomic E-state index is 0.0554. The molecule has 3 aromatic rings. The van der Waals surface area contributed by atoms with Crippen molar-refractivity contribution in [2.45, 2.75) is 31.8 Å². The molecule has 3 rings (SSSR count). The van der Waals surface area contributed by atoms with Crippen molar-refractivity contribution in [3.63, 3.8) is 0 Å². The second kappa shape index (κ2) is 10.1. The second-order valence-electron chi connectivity index (χ2n) is 6.68. The van der Waals surface area contributed by atoms with Crippen LogP contribution in [0.1, 0.15) is 22.4 Å². The molecule has 7 heteroatoms. The fourth-order valence-electron chi connectivity index (χ4n) is 2.80. The highest BCUT2D eigenvalue weighted by molar-refractivity contribution is 7.99. The number of hydrogen-bond donors (Lipinski definition) is 2. The summed E-state index contributed by atoms with van der Waals surface area (Å²) < 4.78 is 7.12. The van der Waals surface area contributed by atoms with Crippen LogP contribution in [0.3, 0.4) is 0 Å². The van der Waals surface area contributed by atoms with Crippen LogP contribution in [0.2, 0.25) is 0 Å². The van der Waals surface area contributed by atoms with Crippen molar-refractivity contribution in [1.82, 2.24) is 14.9 Å². The summed E-state index contributed by atoms with van der Waals surface area (Å²) in [5.41, 5.74) is 4.03. The van der Waals surface area contributed by atoms with Crippen LogP contribution in [0.5, 0.6) is 5.75 Å². The molecule has 0 fully saturated rings. The van der Waals surface area contributed by atoms with Crippen molar-refractivity contribution >= 4 is 17.7 Å². The van der Waals surface area contributed by atoms with E-state index in [4.69, 9.17) is 4.74 Å². The lowest BCUT2D eigenvalue weighted by Gasteiger charge is -2.11. The summed E-state index contributed by atoms with van der Waals surface area (Å²) in [6.45, 7) is 2.99. The Morgan fingerprint density at radius 2 is 1.83 bits per heavy atom. The number of rotatable bonds is 9. The highest BCUT2D eigenvalue weighted by Crippen LogP contribution is 2.21. The summed E-state index contributed by atoms with van der Waals surface area (Å²) in [4.78, 5) is 16.6. The molecule has 1 heterocycles. The molecule has 1 amide bonds. The summed E-state index contributed by atoms with van der Waals surface area (Å²) in [6.07, 6.45) is 1.65. The van der Waals surface area contributed by atoms with Gasteiger partial charge in [0.15, 0.2) is 5.16 Å². The Labute approximate surface area is 174 Å². The number of nitrogens with zero attached hydrogens (tertiary/aromatic N) is 2. The number of methoxy groups -OCH3 is 1. The van der Waals surface area contributed by atoms with Gasteiger partial charge in [0.25, 0.3) is 0 Å². The standard InChI is InChI=1S/C22H25N3O3S/c1-16-3-5-17(6-4-16)11-23-21(27)15-29-22-24-12-19(14-26)25(22)13-18-7-9-20(28-2)10-8-18/h3-10,12,26H,11,13-15H2,1-2H3,(H,23,27). The summed E-state index contributed by atoms with van der Waals surface area (Å²) in [5.74, 6) is 0.998. The Bertz CT molecular complexity index is 937. The van der Waals surface area contributed by atoms with Crippen LogP contribution in [-0.2, 0) is 24.5 Å². The van der Waals surface area contributed by atoms with Crippen LogP contribution < -0.4 is 10.1 Å². The molecule has 0 spiro atoms. The topological polar surface area (TPSA) is 76.4 Å². The number of aliphatic hydroxyl groups is 1. The number of benzene rings is 2. The zero-order valence-electron chi connectivity index (χ0n) is 16.6. The van der Waals surface area contributed by atoms with Crippen molar-refractivity contribution in [3.05, 3.63) is 77.1 Å². The Morgan fingerprint density at radius 1 is 1.14 bits per heavy atom. The van der Waals surface area contributed by atoms with Crippen molar-refractivity contribution in [1.29, 1.82) is 0 Å². The van der Waals surface area contributed by atoms with Gasteiger partial charge in [0.2, 0.25) is 5.91 Å². The molecule has 0 saturated heterocycles. The molecule has 29 heavy (non-hydrogen) atoms. The van der Waals surface area contributed by atoms with Crippen LogP contribution in [-0.4, -0.2) is 33.4 Å². The minimum Gasteiger partial charge on any atom is -0.497 e. The monoisotopic (exact) mass is 411 g/mol. The van der Waals surface area contributed by atoms with E-state index in [1.54, 1.807) is 13.3 Å². The predicted octanol–water partition coefficient (Wildman–Crippen LogP) is 3.15. The maximum absolute atomic E-state index is 12.2. The van der Waals surface area contributed by atoms with E-state index in [1.807, 2.05) is 60.0 Å². The molecule has 1 aromatic heterocycles. The Hall–Kier alpha value is -2.77. The molecule has 2 N–H and O–H groups in total. The third-order valence-electron chi connectivity index (χ3n) is 4.51. The van der Waals surface area contributed by atoms with Crippen LogP contribution >= 0.6 is 11.8 Å². The summed E-state index contributed by atoms with van der Waals surface area (Å²) in [5, 5.41) is 13.3. The van der Waals surface area contributed by atoms with E-state index in [1.165, 1.54) is 17.3 Å². The number of ether oxygens (including phenoxy) is 1. The van der Waals surface area contributed by atoms with E-state index in [0.717, 1.165) is 16.9 Å². The van der Waals surface area contributed by atoms with E-state index < -0.39 is 0 Å². The SMILES string of the molecule is COc1ccc(Cn2c(CO)cnc2SCC(=O)NCc2ccc(C)cc2)cc1. The van der Waals surface area contributed by atoms with Gasteiger partial charge in [-0.2, -0.15) is 0 Å². The van der Waals surface area contributed by atoms with Gasteiger partial charge in [-0.05, 0) is 30.2 Å². The molecule has 0 atom stereocenters. The van der Waals surface area contributed by atoms with Crippen molar-refractivity contribution in [2.24, 2.45) is 0 Å². The molecule has 2 aromatic carbocycles. The number of imidazole rings is 1. The third kappa shape index (κ3) is 5.85. The van der Waals surface area contributed by atoms with Gasteiger partial charge in [0.05, 0.1) is 31.4 Å². The highest BCUT2D eigenvalue weighted by Gasteiger charge is 2.13. The van der Waals surface area contributed by atoms with E-state index >= 15 is 0 Å². The Balaban J connectivity index is 1.59. The number of nitrogens with one attached hydrogen (secondary N) is 1. The van der Waals surface area contributed by atoms with Gasteiger partial charge in [-0.15, -0.1) is 0 Å². The smallest absolute Gasteiger partial charge is 0.230 e. The van der Waals surface area contributed by atoms with E-state index in [2.05, 4.69) is 10.3 Å². The molecule has 0 unspecified atom stereocenters. The van der Waals surface area contributed by atoms with Crippen molar-refractivity contribution in [2.75, 3.05) is 12.9 Å². The molecule has 6 nitrogen and oxygen atoms in total. The number of aryl methyl sites for hydroxylation is 1. The number of thioether (sulfide) groups is 1. The molecule has 0 aliphatic rings. The van der Waals surface area contributed by atoms with Crippen molar-refractivity contribution in [3.8, 4) is 5.75 Å². The number of carbonyl (C=O) groups is 1. The fraction of sp³-hybridized carbons (Fsp3) is 0.273. The first-order valence-corrected chi connectivity index (χ1v) is 10.3. The van der Waals surface area contributed by atoms with Gasteiger partial charge in [0, 0.05) is 13.1 Å². The van der Waals surface area contributed by atoms with Crippen LogP contribution in [0, 0.1) is 6.92 Å². The highest BCUT2D eigenvalue weighted by atomic mass is 32.2. The number of aromatic nitrogens is 2. The lowest BCUT2D eigenvalue weighted by molar-refractivity contribution is -0.118. The largest absolute Gasteiger partial charge is 0.497 e. The Kier molecular flexibility index (Phi) is 7.32. The maximum Gasteiger partial charge on any atom is 0.230 e. The first-order valence-electron chi connectivity index (χ1n) is 9.32. The van der Waals surface area contributed by atoms with Gasteiger partial charge >= 0.3 is 0 Å². The van der Waals surface area contributed by atoms with Crippen LogP contribution in [0.15, 0.2) is 59.9 Å². The molecule has 152 valence electrons. The fourth-order valence-corrected chi connectivity index (χ4v) is 3.63. The lowest BCUT2D eigenvalue weighted by atomic mass is 10.1. The van der Waals surface area contributed by atoms with Crippen molar-refractivity contribution < 1.29 is 14.6 Å². The van der Waals surface area contributed by atoms with Gasteiger partial charge in [-0.3, -0.25) is 4.79 Å². The van der Waals surface area contributed by atoms with Crippen LogP contribution in [0.25, 0.3) is 0 Å². The van der Waals surface area contributed by atoms with E-state index in [9.17, 15) is 9.90 Å². The number of aliphatic hydroxyl groups excluding tert-OH is 1. The molecule has 0 saturated carbocycles. The predicted molar refractivity (Wildman–Crippen MR) is 114 cm³/mol. The number of hydrogen-bond acceptors (Lipinski definition) is 5. The molecule has 0 bridgehead atoms. The van der Waals surface area contributed by atoms with E-state index in [0.29, 0.717) is 23.9 Å². The first-order chi connectivity index (χ1) is 14.1. The quantitative estimate of drug-likeness (QED) is 0.529. The van der Waals surface area contributed by atoms with Gasteiger partial charge in [0.1, 0.15) is 5.75 Å². The maximum atomic E-state index is 12.2. The molecule has 0 aliphatic carbocycles. The Morgan fingerprint density at radius 3 is 2.48 bits per heavy atom. The molecule has 0 aliphatic heterocycles. The average molecular weight is 412 g/mol.